The molecule has 0 aliphatic heterocycles. The largest absolute Gasteiger partial charge is 0.478 e. The summed E-state index contributed by atoms with van der Waals surface area (Å²) in [6.07, 6.45) is 5.92. The number of nitrogens with zero attached hydrogens (tertiary/aromatic N) is 2. The molecule has 2 aromatic rings. The first-order valence-electron chi connectivity index (χ1n) is 12.3. The number of para-hydroxylation sites is 1. The normalized spacial score (nSPS) is 19.5. The van der Waals surface area contributed by atoms with Gasteiger partial charge in [0.2, 0.25) is 0 Å². The summed E-state index contributed by atoms with van der Waals surface area (Å²) in [5, 5.41) is 22.7. The van der Waals surface area contributed by atoms with Crippen molar-refractivity contribution in [3.8, 4) is 5.69 Å². The van der Waals surface area contributed by atoms with E-state index in [2.05, 4.69) is 5.32 Å². The predicted octanol–water partition coefficient (Wildman–Crippen LogP) is 4.55. The molecule has 0 unspecified atom stereocenters. The second-order valence-corrected chi connectivity index (χ2v) is 10.4. The number of ketones is 1. The van der Waals surface area contributed by atoms with Crippen LogP contribution in [0.15, 0.2) is 70.6 Å². The van der Waals surface area contributed by atoms with Crippen LogP contribution in [-0.4, -0.2) is 43.0 Å². The number of anilines is 1. The summed E-state index contributed by atoms with van der Waals surface area (Å²) in [4.78, 5) is 34.5. The quantitative estimate of drug-likeness (QED) is 0.389. The Morgan fingerprint density at radius 3 is 2.24 bits per heavy atom. The van der Waals surface area contributed by atoms with Gasteiger partial charge in [-0.15, -0.1) is 0 Å². The molecule has 0 spiro atoms. The van der Waals surface area contributed by atoms with Crippen molar-refractivity contribution in [1.82, 2.24) is 9.36 Å². The van der Waals surface area contributed by atoms with Crippen LogP contribution < -0.4 is 10.9 Å². The molecule has 3 rings (SSSR count). The van der Waals surface area contributed by atoms with Crippen molar-refractivity contribution in [3.63, 3.8) is 0 Å². The van der Waals surface area contributed by atoms with E-state index in [1.807, 2.05) is 76.7 Å². The number of carboxylic acid groups (broad SMARTS) is 1. The van der Waals surface area contributed by atoms with Gasteiger partial charge < -0.3 is 15.5 Å². The molecule has 8 heteroatoms. The van der Waals surface area contributed by atoms with Crippen molar-refractivity contribution in [3.05, 3.63) is 81.8 Å². The number of benzene rings is 1. The number of hydrogen-bond donors (Lipinski definition) is 3. The van der Waals surface area contributed by atoms with E-state index in [9.17, 15) is 19.5 Å². The average Bonchev–Trinajstić information content (AvgIpc) is 2.99. The van der Waals surface area contributed by atoms with Gasteiger partial charge in [-0.25, -0.2) is 9.48 Å². The topological polar surface area (TPSA) is 114 Å². The van der Waals surface area contributed by atoms with Crippen LogP contribution >= 0.6 is 0 Å². The van der Waals surface area contributed by atoms with Gasteiger partial charge in [-0.3, -0.25) is 14.3 Å². The second-order valence-electron chi connectivity index (χ2n) is 10.4. The predicted molar refractivity (Wildman–Crippen MR) is 147 cm³/mol. The summed E-state index contributed by atoms with van der Waals surface area (Å²) in [5.41, 5.74) is 1.74. The van der Waals surface area contributed by atoms with Crippen LogP contribution in [0.25, 0.3) is 5.69 Å². The number of aromatic nitrogens is 2. The molecule has 0 fully saturated rings. The molecule has 200 valence electrons. The third-order valence-electron chi connectivity index (χ3n) is 6.55. The van der Waals surface area contributed by atoms with Crippen LogP contribution in [0.4, 0.5) is 5.69 Å². The first kappa shape index (κ1) is 29.6. The first-order chi connectivity index (χ1) is 17.1. The highest BCUT2D eigenvalue weighted by atomic mass is 16.4. The Hall–Kier alpha value is -3.65. The number of rotatable bonds is 6. The maximum Gasteiger partial charge on any atom is 0.328 e. The Bertz CT molecular complexity index is 1290. The highest BCUT2D eigenvalue weighted by Gasteiger charge is 2.46. The molecular formula is C29H39N3O5. The van der Waals surface area contributed by atoms with Crippen LogP contribution in [0.1, 0.15) is 53.7 Å². The molecule has 0 saturated carbocycles. The minimum absolute atomic E-state index is 0.00150. The van der Waals surface area contributed by atoms with E-state index in [0.29, 0.717) is 16.8 Å². The SMILES string of the molecule is CC1=CC(=O)CC(C)(C)[C@@]1(O)/C=C/C(C)=C\C(=O)O.Cc1c(NC(C)C)c(=O)n(-c2ccccc2)n1C. The number of allylic oxidation sites excluding steroid dienone is 3. The van der Waals surface area contributed by atoms with Gasteiger partial charge in [-0.05, 0) is 70.0 Å². The minimum atomic E-state index is -1.24. The van der Waals surface area contributed by atoms with E-state index in [0.717, 1.165) is 17.5 Å². The molecule has 1 heterocycles. The molecule has 0 saturated heterocycles. The van der Waals surface area contributed by atoms with Crippen molar-refractivity contribution in [2.45, 2.75) is 66.5 Å². The van der Waals surface area contributed by atoms with E-state index in [1.165, 1.54) is 6.08 Å². The van der Waals surface area contributed by atoms with Crippen molar-refractivity contribution in [2.75, 3.05) is 5.32 Å². The lowest BCUT2D eigenvalue weighted by molar-refractivity contribution is -0.131. The molecule has 8 nitrogen and oxygen atoms in total. The monoisotopic (exact) mass is 509 g/mol. The maximum atomic E-state index is 12.4. The molecule has 3 N–H and O–H groups in total. The Morgan fingerprint density at radius 1 is 1.14 bits per heavy atom. The summed E-state index contributed by atoms with van der Waals surface area (Å²) in [5.74, 6) is -1.03. The third-order valence-corrected chi connectivity index (χ3v) is 6.55. The zero-order valence-corrected chi connectivity index (χ0v) is 23.0. The van der Waals surface area contributed by atoms with Crippen LogP contribution in [0.2, 0.25) is 0 Å². The van der Waals surface area contributed by atoms with Gasteiger partial charge in [0.1, 0.15) is 11.3 Å². The van der Waals surface area contributed by atoms with Gasteiger partial charge in [0.05, 0.1) is 11.4 Å². The van der Waals surface area contributed by atoms with Gasteiger partial charge >= 0.3 is 5.97 Å². The fraction of sp³-hybridized carbons (Fsp3) is 0.414. The molecule has 1 aliphatic rings. The lowest BCUT2D eigenvalue weighted by Crippen LogP contribution is -2.48. The molecule has 1 atom stereocenters. The number of carbonyl (C=O) groups is 2. The molecule has 0 radical (unpaired) electrons. The zero-order valence-electron chi connectivity index (χ0n) is 23.0. The molecule has 0 amide bonds. The summed E-state index contributed by atoms with van der Waals surface area (Å²) < 4.78 is 3.56. The third kappa shape index (κ3) is 6.77. The Labute approximate surface area is 218 Å². The van der Waals surface area contributed by atoms with E-state index >= 15 is 0 Å². The number of aliphatic hydroxyl groups is 1. The van der Waals surface area contributed by atoms with Gasteiger partial charge in [-0.1, -0.05) is 38.1 Å². The lowest BCUT2D eigenvalue weighted by atomic mass is 9.64. The zero-order chi connectivity index (χ0) is 28.1. The fourth-order valence-corrected chi connectivity index (χ4v) is 4.38. The van der Waals surface area contributed by atoms with Gasteiger partial charge in [0, 0.05) is 31.0 Å². The molecular weight excluding hydrogens is 470 g/mol. The van der Waals surface area contributed by atoms with Crippen LogP contribution in [0.3, 0.4) is 0 Å². The summed E-state index contributed by atoms with van der Waals surface area (Å²) >= 11 is 0. The van der Waals surface area contributed by atoms with E-state index < -0.39 is 17.0 Å². The minimum Gasteiger partial charge on any atom is -0.478 e. The summed E-state index contributed by atoms with van der Waals surface area (Å²) in [6, 6.07) is 9.90. The Balaban J connectivity index is 0.000000260. The maximum absolute atomic E-state index is 12.4. The van der Waals surface area contributed by atoms with Crippen molar-refractivity contribution >= 4 is 17.4 Å². The second kappa shape index (κ2) is 11.6. The Morgan fingerprint density at radius 2 is 1.73 bits per heavy atom. The number of nitrogens with one attached hydrogen (secondary N) is 1. The van der Waals surface area contributed by atoms with Gasteiger partial charge in [-0.2, -0.15) is 0 Å². The summed E-state index contributed by atoms with van der Waals surface area (Å²) in [7, 11) is 1.90. The average molecular weight is 510 g/mol. The first-order valence-corrected chi connectivity index (χ1v) is 12.3. The molecule has 0 bridgehead atoms. The number of carboxylic acids is 1. The number of carbonyl (C=O) groups excluding carboxylic acids is 1. The van der Waals surface area contributed by atoms with Crippen LogP contribution in [0.5, 0.6) is 0 Å². The van der Waals surface area contributed by atoms with E-state index in [-0.39, 0.29) is 23.8 Å². The van der Waals surface area contributed by atoms with Crippen LogP contribution in [0, 0.1) is 12.3 Å². The lowest BCUT2D eigenvalue weighted by Gasteiger charge is -2.43. The van der Waals surface area contributed by atoms with E-state index in [4.69, 9.17) is 5.11 Å². The molecule has 1 aromatic carbocycles. The number of hydrogen-bond acceptors (Lipinski definition) is 5. The smallest absolute Gasteiger partial charge is 0.328 e. The van der Waals surface area contributed by atoms with Crippen LogP contribution in [-0.2, 0) is 16.6 Å². The highest BCUT2D eigenvalue weighted by Crippen LogP contribution is 2.44. The summed E-state index contributed by atoms with van der Waals surface area (Å²) in [6.45, 7) is 13.0. The van der Waals surface area contributed by atoms with E-state index in [1.54, 1.807) is 30.7 Å². The molecule has 1 aromatic heterocycles. The fourth-order valence-electron chi connectivity index (χ4n) is 4.38. The highest BCUT2D eigenvalue weighted by molar-refractivity contribution is 5.92. The number of aliphatic carboxylic acids is 1. The van der Waals surface area contributed by atoms with Gasteiger partial charge in [0.15, 0.2) is 5.78 Å². The van der Waals surface area contributed by atoms with Crippen molar-refractivity contribution in [2.24, 2.45) is 12.5 Å². The van der Waals surface area contributed by atoms with Gasteiger partial charge in [0.25, 0.3) is 5.56 Å². The standard InChI is InChI=1S/C15H20O4.C14H19N3O/c1-10(7-13(17)18)5-6-15(19)11(2)8-12(16)9-14(15,3)4;1-10(2)15-13-11(3)16(4)17(14(13)18)12-8-6-5-7-9-12/h5-8,19H,9H2,1-4H3,(H,17,18);5-10,15H,1-4H3/b6-5+,10-7-;/t15-;/m1./s1. The molecule has 1 aliphatic carbocycles. The van der Waals surface area contributed by atoms with Crippen molar-refractivity contribution in [1.29, 1.82) is 0 Å². The molecule has 37 heavy (non-hydrogen) atoms. The Kier molecular flexibility index (Phi) is 9.27. The van der Waals surface area contributed by atoms with Crippen molar-refractivity contribution < 1.29 is 19.8 Å².